The van der Waals surface area contributed by atoms with Crippen molar-refractivity contribution in [3.8, 4) is 0 Å². The number of nitrogens with zero attached hydrogens (tertiary/aromatic N) is 1. The number of nitrogens with one attached hydrogen (secondary N) is 1. The van der Waals surface area contributed by atoms with Gasteiger partial charge in [-0.1, -0.05) is 41.9 Å². The van der Waals surface area contributed by atoms with Gasteiger partial charge in [-0.25, -0.2) is 0 Å². The van der Waals surface area contributed by atoms with Crippen LogP contribution < -0.4 is 5.32 Å². The van der Waals surface area contributed by atoms with Crippen LogP contribution in [0.3, 0.4) is 0 Å². The Hall–Kier alpha value is -1.80. The molecule has 1 unspecified atom stereocenters. The van der Waals surface area contributed by atoms with Crippen LogP contribution in [0.1, 0.15) is 18.1 Å². The molecule has 3 heteroatoms. The number of benzene rings is 2. The van der Waals surface area contributed by atoms with Crippen LogP contribution in [0.2, 0.25) is 5.02 Å². The van der Waals surface area contributed by atoms with Gasteiger partial charge < -0.3 is 5.32 Å². The molecule has 2 aromatic rings. The molecule has 2 nitrogen and oxygen atoms in total. The van der Waals surface area contributed by atoms with Crippen LogP contribution in [-0.4, -0.2) is 18.3 Å². The van der Waals surface area contributed by atoms with E-state index in [1.165, 1.54) is 0 Å². The molecule has 1 aliphatic rings. The zero-order valence-electron chi connectivity index (χ0n) is 10.7. The molecule has 0 aliphatic carbocycles. The van der Waals surface area contributed by atoms with Gasteiger partial charge in [-0.3, -0.25) is 4.99 Å². The van der Waals surface area contributed by atoms with Gasteiger partial charge >= 0.3 is 0 Å². The molecule has 0 saturated heterocycles. The average molecular weight is 271 g/mol. The van der Waals surface area contributed by atoms with Gasteiger partial charge in [0.25, 0.3) is 0 Å². The summed E-state index contributed by atoms with van der Waals surface area (Å²) < 4.78 is 0. The summed E-state index contributed by atoms with van der Waals surface area (Å²) in [6.45, 7) is 2.95. The lowest BCUT2D eigenvalue weighted by Gasteiger charge is -2.10. The molecule has 1 atom stereocenters. The smallest absolute Gasteiger partial charge is 0.0744 e. The summed E-state index contributed by atoms with van der Waals surface area (Å²) in [6.07, 6.45) is 0. The largest absolute Gasteiger partial charge is 0.382 e. The normalized spacial score (nSPS) is 18.0. The van der Waals surface area contributed by atoms with Crippen molar-refractivity contribution in [2.24, 2.45) is 4.99 Å². The first-order valence-electron chi connectivity index (χ1n) is 6.41. The molecule has 0 saturated carbocycles. The second-order valence-corrected chi connectivity index (χ2v) is 5.20. The Balaban J connectivity index is 2.19. The SMILES string of the molecule is CC1CNc2ccc(Cl)cc2C(c2ccccc2)=N1. The molecule has 96 valence electrons. The number of rotatable bonds is 1. The summed E-state index contributed by atoms with van der Waals surface area (Å²) >= 11 is 6.14. The first-order valence-corrected chi connectivity index (χ1v) is 6.79. The fraction of sp³-hybridized carbons (Fsp3) is 0.188. The van der Waals surface area contributed by atoms with E-state index in [4.69, 9.17) is 16.6 Å². The van der Waals surface area contributed by atoms with Crippen molar-refractivity contribution in [3.05, 3.63) is 64.7 Å². The van der Waals surface area contributed by atoms with E-state index in [-0.39, 0.29) is 6.04 Å². The van der Waals surface area contributed by atoms with Gasteiger partial charge in [0.05, 0.1) is 11.8 Å². The summed E-state index contributed by atoms with van der Waals surface area (Å²) in [5, 5.41) is 4.16. The van der Waals surface area contributed by atoms with Crippen LogP contribution in [0.4, 0.5) is 5.69 Å². The zero-order valence-corrected chi connectivity index (χ0v) is 11.5. The molecule has 19 heavy (non-hydrogen) atoms. The molecule has 2 aromatic carbocycles. The third kappa shape index (κ3) is 2.49. The monoisotopic (exact) mass is 270 g/mol. The third-order valence-electron chi connectivity index (χ3n) is 3.22. The minimum Gasteiger partial charge on any atom is -0.382 e. The van der Waals surface area contributed by atoms with Gasteiger partial charge in [0, 0.05) is 28.4 Å². The van der Waals surface area contributed by atoms with Crippen molar-refractivity contribution in [2.45, 2.75) is 13.0 Å². The molecular formula is C16H15ClN2. The second kappa shape index (κ2) is 5.06. The topological polar surface area (TPSA) is 24.4 Å². The van der Waals surface area contributed by atoms with Crippen LogP contribution in [0.25, 0.3) is 0 Å². The Bertz CT molecular complexity index is 620. The van der Waals surface area contributed by atoms with Crippen molar-refractivity contribution in [1.29, 1.82) is 0 Å². The van der Waals surface area contributed by atoms with Gasteiger partial charge in [-0.05, 0) is 25.1 Å². The Labute approximate surface area is 118 Å². The molecule has 0 aromatic heterocycles. The summed E-state index contributed by atoms with van der Waals surface area (Å²) in [5.41, 5.74) is 4.30. The lowest BCUT2D eigenvalue weighted by molar-refractivity contribution is 0.788. The molecule has 3 rings (SSSR count). The lowest BCUT2D eigenvalue weighted by atomic mass is 10.0. The van der Waals surface area contributed by atoms with Crippen molar-refractivity contribution in [3.63, 3.8) is 0 Å². The standard InChI is InChI=1S/C16H15ClN2/c1-11-10-18-15-8-7-13(17)9-14(15)16(19-11)12-5-3-2-4-6-12/h2-9,11,18H,10H2,1H3. The van der Waals surface area contributed by atoms with Crippen LogP contribution in [0.15, 0.2) is 53.5 Å². The molecular weight excluding hydrogens is 256 g/mol. The molecule has 0 radical (unpaired) electrons. The molecule has 0 spiro atoms. The maximum absolute atomic E-state index is 6.14. The van der Waals surface area contributed by atoms with E-state index in [9.17, 15) is 0 Å². The lowest BCUT2D eigenvalue weighted by Crippen LogP contribution is -2.12. The number of hydrogen-bond acceptors (Lipinski definition) is 2. The average Bonchev–Trinajstić information content (AvgIpc) is 2.59. The highest BCUT2D eigenvalue weighted by Crippen LogP contribution is 2.26. The van der Waals surface area contributed by atoms with Crippen molar-refractivity contribution in [1.82, 2.24) is 0 Å². The number of halogens is 1. The van der Waals surface area contributed by atoms with Crippen molar-refractivity contribution < 1.29 is 0 Å². The third-order valence-corrected chi connectivity index (χ3v) is 3.46. The quantitative estimate of drug-likeness (QED) is 0.832. The maximum atomic E-state index is 6.14. The predicted molar refractivity (Wildman–Crippen MR) is 81.5 cm³/mol. The molecule has 1 N–H and O–H groups in total. The Morgan fingerprint density at radius 1 is 1.16 bits per heavy atom. The fourth-order valence-electron chi connectivity index (χ4n) is 2.29. The van der Waals surface area contributed by atoms with Crippen LogP contribution in [0.5, 0.6) is 0 Å². The molecule has 0 bridgehead atoms. The first-order chi connectivity index (χ1) is 9.24. The van der Waals surface area contributed by atoms with Gasteiger partial charge in [0.1, 0.15) is 0 Å². The highest BCUT2D eigenvalue weighted by atomic mass is 35.5. The Morgan fingerprint density at radius 2 is 1.95 bits per heavy atom. The molecule has 0 amide bonds. The minimum absolute atomic E-state index is 0.237. The van der Waals surface area contributed by atoms with Crippen LogP contribution in [-0.2, 0) is 0 Å². The van der Waals surface area contributed by atoms with Gasteiger partial charge in [-0.15, -0.1) is 0 Å². The van der Waals surface area contributed by atoms with E-state index in [0.717, 1.165) is 34.1 Å². The van der Waals surface area contributed by atoms with E-state index >= 15 is 0 Å². The minimum atomic E-state index is 0.237. The summed E-state index contributed by atoms with van der Waals surface area (Å²) in [6, 6.07) is 16.4. The maximum Gasteiger partial charge on any atom is 0.0744 e. The number of benzodiazepines with no additional fused rings is 1. The van der Waals surface area contributed by atoms with Gasteiger partial charge in [0.2, 0.25) is 0 Å². The van der Waals surface area contributed by atoms with E-state index in [2.05, 4.69) is 24.4 Å². The highest BCUT2D eigenvalue weighted by molar-refractivity contribution is 6.31. The highest BCUT2D eigenvalue weighted by Gasteiger charge is 2.17. The second-order valence-electron chi connectivity index (χ2n) is 4.76. The number of hydrogen-bond donors (Lipinski definition) is 1. The Kier molecular flexibility index (Phi) is 3.26. The van der Waals surface area contributed by atoms with Crippen LogP contribution in [0, 0.1) is 0 Å². The predicted octanol–water partition coefficient (Wildman–Crippen LogP) is 3.99. The Morgan fingerprint density at radius 3 is 2.74 bits per heavy atom. The summed E-state index contributed by atoms with van der Waals surface area (Å²) in [4.78, 5) is 4.82. The zero-order chi connectivity index (χ0) is 13.2. The number of aliphatic imine (C=N–C) groups is 1. The molecule has 0 fully saturated rings. The number of anilines is 1. The van der Waals surface area contributed by atoms with Gasteiger partial charge in [-0.2, -0.15) is 0 Å². The van der Waals surface area contributed by atoms with Crippen LogP contribution >= 0.6 is 11.6 Å². The number of fused-ring (bicyclic) bond motifs is 1. The molecule has 1 aliphatic heterocycles. The van der Waals surface area contributed by atoms with Crippen molar-refractivity contribution >= 4 is 23.0 Å². The van der Waals surface area contributed by atoms with Crippen molar-refractivity contribution in [2.75, 3.05) is 11.9 Å². The fourth-order valence-corrected chi connectivity index (χ4v) is 2.46. The van der Waals surface area contributed by atoms with E-state index in [1.54, 1.807) is 0 Å². The van der Waals surface area contributed by atoms with E-state index in [0.29, 0.717) is 0 Å². The summed E-state index contributed by atoms with van der Waals surface area (Å²) in [7, 11) is 0. The van der Waals surface area contributed by atoms with E-state index in [1.807, 2.05) is 36.4 Å². The summed E-state index contributed by atoms with van der Waals surface area (Å²) in [5.74, 6) is 0. The van der Waals surface area contributed by atoms with E-state index < -0.39 is 0 Å². The first kappa shape index (κ1) is 12.2. The molecule has 1 heterocycles. The van der Waals surface area contributed by atoms with Gasteiger partial charge in [0.15, 0.2) is 0 Å².